The van der Waals surface area contributed by atoms with Gasteiger partial charge in [0.15, 0.2) is 17.4 Å². The van der Waals surface area contributed by atoms with Crippen molar-refractivity contribution in [2.45, 2.75) is 32.6 Å². The Morgan fingerprint density at radius 1 is 1.19 bits per heavy atom. The fraction of sp³-hybridized carbons (Fsp3) is 0.400. The van der Waals surface area contributed by atoms with Gasteiger partial charge >= 0.3 is 5.97 Å². The molecule has 0 bridgehead atoms. The molecule has 1 N–H and O–H groups in total. The number of halogens is 2. The number of rotatable bonds is 5. The number of hydrogen-bond acceptors (Lipinski definition) is 3. The normalized spacial score (nSPS) is 15.1. The Morgan fingerprint density at radius 3 is 2.44 bits per heavy atom. The van der Waals surface area contributed by atoms with E-state index in [1.54, 1.807) is 17.9 Å². The lowest BCUT2D eigenvalue weighted by atomic mass is 9.90. The van der Waals surface area contributed by atoms with Crippen molar-refractivity contribution < 1.29 is 27.9 Å². The highest BCUT2D eigenvalue weighted by atomic mass is 19.2. The lowest BCUT2D eigenvalue weighted by Gasteiger charge is -2.31. The van der Waals surface area contributed by atoms with Crippen LogP contribution < -0.4 is 0 Å². The van der Waals surface area contributed by atoms with E-state index in [2.05, 4.69) is 0 Å². The molecule has 7 heteroatoms. The number of nitrogens with zero attached hydrogens (tertiary/aromatic N) is 1. The van der Waals surface area contributed by atoms with Crippen molar-refractivity contribution in [3.8, 4) is 0 Å². The topological polar surface area (TPSA) is 70.8 Å². The van der Waals surface area contributed by atoms with Crippen molar-refractivity contribution in [3.05, 3.63) is 58.5 Å². The minimum absolute atomic E-state index is 0.0223. The standard InChI is InChI=1S/C20H21F2NO4/c1-2-17-14(20(25)26)11-18(27-17)19(24)23-7-5-12(6-8-23)9-13-3-4-15(21)16(22)10-13/h3-4,10-12H,2,5-9H2,1H3,(H,25,26). The summed E-state index contributed by atoms with van der Waals surface area (Å²) in [6.45, 7) is 2.79. The van der Waals surface area contributed by atoms with Crippen molar-refractivity contribution in [2.24, 2.45) is 5.92 Å². The lowest BCUT2D eigenvalue weighted by molar-refractivity contribution is 0.0654. The first-order chi connectivity index (χ1) is 12.9. The van der Waals surface area contributed by atoms with Crippen molar-refractivity contribution in [3.63, 3.8) is 0 Å². The SMILES string of the molecule is CCc1oc(C(=O)N2CCC(Cc3ccc(F)c(F)c3)CC2)cc1C(=O)O. The molecule has 1 aliphatic heterocycles. The largest absolute Gasteiger partial charge is 0.478 e. The van der Waals surface area contributed by atoms with Crippen molar-refractivity contribution in [1.29, 1.82) is 0 Å². The van der Waals surface area contributed by atoms with E-state index in [1.165, 1.54) is 12.1 Å². The average molecular weight is 377 g/mol. The summed E-state index contributed by atoms with van der Waals surface area (Å²) >= 11 is 0. The number of aryl methyl sites for hydroxylation is 1. The number of carbonyl (C=O) groups is 2. The Hall–Kier alpha value is -2.70. The minimum Gasteiger partial charge on any atom is -0.478 e. The van der Waals surface area contributed by atoms with Gasteiger partial charge in [-0.25, -0.2) is 13.6 Å². The van der Waals surface area contributed by atoms with Crippen LogP contribution in [0.25, 0.3) is 0 Å². The second kappa shape index (κ2) is 7.90. The molecular weight excluding hydrogens is 356 g/mol. The summed E-state index contributed by atoms with van der Waals surface area (Å²) < 4.78 is 31.8. The van der Waals surface area contributed by atoms with E-state index in [4.69, 9.17) is 4.42 Å². The van der Waals surface area contributed by atoms with Crippen molar-refractivity contribution >= 4 is 11.9 Å². The maximum Gasteiger partial charge on any atom is 0.339 e. The molecule has 3 rings (SSSR count). The van der Waals surface area contributed by atoms with Crippen LogP contribution >= 0.6 is 0 Å². The zero-order valence-corrected chi connectivity index (χ0v) is 15.0. The van der Waals surface area contributed by atoms with E-state index < -0.39 is 17.6 Å². The molecule has 1 aromatic carbocycles. The molecule has 0 aliphatic carbocycles. The number of benzene rings is 1. The van der Waals surface area contributed by atoms with Gasteiger partial charge in [0.25, 0.3) is 5.91 Å². The zero-order chi connectivity index (χ0) is 19.6. The van der Waals surface area contributed by atoms with E-state index in [-0.39, 0.29) is 23.1 Å². The summed E-state index contributed by atoms with van der Waals surface area (Å²) in [5, 5.41) is 9.18. The molecule has 5 nitrogen and oxygen atoms in total. The van der Waals surface area contributed by atoms with Gasteiger partial charge in [0, 0.05) is 25.6 Å². The molecule has 27 heavy (non-hydrogen) atoms. The first-order valence-electron chi connectivity index (χ1n) is 8.98. The van der Waals surface area contributed by atoms with Crippen molar-refractivity contribution in [2.75, 3.05) is 13.1 Å². The molecule has 1 aliphatic rings. The summed E-state index contributed by atoms with van der Waals surface area (Å²) in [4.78, 5) is 25.5. The van der Waals surface area contributed by atoms with Gasteiger partial charge in [-0.3, -0.25) is 4.79 Å². The molecule has 1 saturated heterocycles. The van der Waals surface area contributed by atoms with Crippen LogP contribution in [0.4, 0.5) is 8.78 Å². The molecule has 2 heterocycles. The van der Waals surface area contributed by atoms with Crippen LogP contribution in [0.2, 0.25) is 0 Å². The minimum atomic E-state index is -1.11. The molecule has 1 aromatic heterocycles. The van der Waals surface area contributed by atoms with Crippen LogP contribution in [-0.4, -0.2) is 35.0 Å². The monoisotopic (exact) mass is 377 g/mol. The van der Waals surface area contributed by atoms with Crippen LogP contribution in [0.3, 0.4) is 0 Å². The molecule has 0 unspecified atom stereocenters. The first-order valence-corrected chi connectivity index (χ1v) is 8.98. The summed E-state index contributed by atoms with van der Waals surface area (Å²) in [5.41, 5.74) is 0.762. The smallest absolute Gasteiger partial charge is 0.339 e. The molecule has 144 valence electrons. The number of likely N-dealkylation sites (tertiary alicyclic amines) is 1. The van der Waals surface area contributed by atoms with Crippen LogP contribution in [0, 0.1) is 17.6 Å². The van der Waals surface area contributed by atoms with Crippen LogP contribution in [0.15, 0.2) is 28.7 Å². The second-order valence-electron chi connectivity index (χ2n) is 6.79. The fourth-order valence-electron chi connectivity index (χ4n) is 3.47. The summed E-state index contributed by atoms with van der Waals surface area (Å²) in [7, 11) is 0. The maximum atomic E-state index is 13.3. The van der Waals surface area contributed by atoms with E-state index >= 15 is 0 Å². The zero-order valence-electron chi connectivity index (χ0n) is 15.0. The Kier molecular flexibility index (Phi) is 5.58. The Bertz CT molecular complexity index is 854. The highest BCUT2D eigenvalue weighted by Crippen LogP contribution is 2.25. The highest BCUT2D eigenvalue weighted by Gasteiger charge is 2.27. The average Bonchev–Trinajstić information content (AvgIpc) is 3.09. The Labute approximate surface area is 155 Å². The quantitative estimate of drug-likeness (QED) is 0.858. The van der Waals surface area contributed by atoms with Gasteiger partial charge in [0.05, 0.1) is 0 Å². The summed E-state index contributed by atoms with van der Waals surface area (Å²) in [6, 6.07) is 5.22. The third-order valence-electron chi connectivity index (χ3n) is 4.98. The predicted molar refractivity (Wildman–Crippen MR) is 93.7 cm³/mol. The lowest BCUT2D eigenvalue weighted by Crippen LogP contribution is -2.38. The first kappa shape index (κ1) is 19.1. The second-order valence-corrected chi connectivity index (χ2v) is 6.79. The number of aromatic carboxylic acids is 1. The molecule has 1 amide bonds. The third kappa shape index (κ3) is 4.18. The highest BCUT2D eigenvalue weighted by molar-refractivity contribution is 5.96. The van der Waals surface area contributed by atoms with Crippen LogP contribution in [0.1, 0.15) is 52.0 Å². The number of carboxylic acids is 1. The molecule has 0 radical (unpaired) electrons. The van der Waals surface area contributed by atoms with E-state index in [0.717, 1.165) is 24.5 Å². The van der Waals surface area contributed by atoms with E-state index in [0.29, 0.717) is 31.7 Å². The molecular formula is C20H21F2NO4. The Morgan fingerprint density at radius 2 is 1.89 bits per heavy atom. The molecule has 2 aromatic rings. The van der Waals surface area contributed by atoms with Gasteiger partial charge < -0.3 is 14.4 Å². The fourth-order valence-corrected chi connectivity index (χ4v) is 3.47. The number of furan rings is 1. The van der Waals surface area contributed by atoms with E-state index in [9.17, 15) is 23.5 Å². The van der Waals surface area contributed by atoms with Crippen molar-refractivity contribution in [1.82, 2.24) is 4.90 Å². The van der Waals surface area contributed by atoms with Gasteiger partial charge in [0.2, 0.25) is 0 Å². The van der Waals surface area contributed by atoms with E-state index in [1.807, 2.05) is 0 Å². The number of carbonyl (C=O) groups excluding carboxylic acids is 1. The van der Waals surface area contributed by atoms with Gasteiger partial charge in [-0.15, -0.1) is 0 Å². The molecule has 0 spiro atoms. The predicted octanol–water partition coefficient (Wildman–Crippen LogP) is 3.91. The Balaban J connectivity index is 1.61. The third-order valence-corrected chi connectivity index (χ3v) is 4.98. The number of carboxylic acid groups (broad SMARTS) is 1. The van der Waals surface area contributed by atoms with Gasteiger partial charge in [-0.2, -0.15) is 0 Å². The maximum absolute atomic E-state index is 13.3. The van der Waals surface area contributed by atoms with Crippen LogP contribution in [-0.2, 0) is 12.8 Å². The number of piperidine rings is 1. The molecule has 0 atom stereocenters. The molecule has 1 fully saturated rings. The summed E-state index contributed by atoms with van der Waals surface area (Å²) in [6.07, 6.45) is 2.49. The van der Waals surface area contributed by atoms with Gasteiger partial charge in [-0.1, -0.05) is 13.0 Å². The van der Waals surface area contributed by atoms with Gasteiger partial charge in [-0.05, 0) is 42.9 Å². The van der Waals surface area contributed by atoms with Crippen LogP contribution in [0.5, 0.6) is 0 Å². The van der Waals surface area contributed by atoms with Gasteiger partial charge in [0.1, 0.15) is 11.3 Å². The summed E-state index contributed by atoms with van der Waals surface area (Å²) in [5.74, 6) is -2.52. The number of amides is 1. The number of hydrogen-bond donors (Lipinski definition) is 1. The molecule has 0 saturated carbocycles.